The Morgan fingerprint density at radius 2 is 2.15 bits per heavy atom. The first-order valence-corrected chi connectivity index (χ1v) is 7.16. The van der Waals surface area contributed by atoms with Gasteiger partial charge < -0.3 is 5.73 Å². The molecule has 2 N–H and O–H groups in total. The molecule has 0 fully saturated rings. The van der Waals surface area contributed by atoms with Gasteiger partial charge in [0.05, 0.1) is 0 Å². The Morgan fingerprint density at radius 3 is 2.50 bits per heavy atom. The van der Waals surface area contributed by atoms with E-state index in [0.717, 1.165) is 5.57 Å². The third-order valence-electron chi connectivity index (χ3n) is 2.07. The van der Waals surface area contributed by atoms with Crippen molar-refractivity contribution < 1.29 is 4.79 Å². The van der Waals surface area contributed by atoms with E-state index in [9.17, 15) is 4.79 Å². The van der Waals surface area contributed by atoms with Crippen LogP contribution in [0.15, 0.2) is 30.4 Å². The molecule has 0 aliphatic carbocycles. The maximum Gasteiger partial charge on any atom is 0.269 e. The van der Waals surface area contributed by atoms with Gasteiger partial charge >= 0.3 is 0 Å². The molecule has 0 saturated heterocycles. The van der Waals surface area contributed by atoms with Gasteiger partial charge in [0.1, 0.15) is 9.34 Å². The second-order valence-electron chi connectivity index (χ2n) is 3.20. The average molecular weight is 309 g/mol. The van der Waals surface area contributed by atoms with Crippen LogP contribution in [0, 0.1) is 12.3 Å². The van der Waals surface area contributed by atoms with Crippen molar-refractivity contribution in [1.82, 2.24) is 4.98 Å². The minimum Gasteiger partial charge on any atom is -0.364 e. The molecule has 1 amide bonds. The molecule has 1 rings (SSSR count). The molecule has 3 nitrogen and oxygen atoms in total. The predicted molar refractivity (Wildman–Crippen MR) is 87.8 cm³/mol. The number of rotatable bonds is 4. The van der Waals surface area contributed by atoms with E-state index in [-0.39, 0.29) is 10.0 Å². The van der Waals surface area contributed by atoms with Crippen LogP contribution in [0.4, 0.5) is 0 Å². The summed E-state index contributed by atoms with van der Waals surface area (Å²) in [6.45, 7) is 9.44. The fourth-order valence-electron chi connectivity index (χ4n) is 1.17. The van der Waals surface area contributed by atoms with E-state index in [0.29, 0.717) is 10.6 Å². The number of thiazole rings is 1. The van der Waals surface area contributed by atoms with Gasteiger partial charge in [0, 0.05) is 11.1 Å². The highest BCUT2D eigenvalue weighted by atomic mass is 35.5. The van der Waals surface area contributed by atoms with Crippen molar-refractivity contribution in [3.63, 3.8) is 0 Å². The van der Waals surface area contributed by atoms with Crippen LogP contribution in [0.1, 0.15) is 36.3 Å². The van der Waals surface area contributed by atoms with E-state index >= 15 is 0 Å². The number of nitrogens with two attached hydrogens (primary N) is 1. The van der Waals surface area contributed by atoms with Gasteiger partial charge in [-0.25, -0.2) is 4.98 Å². The van der Waals surface area contributed by atoms with E-state index in [1.165, 1.54) is 11.3 Å². The minimum atomic E-state index is -0.650. The molecule has 106 valence electrons. The first-order chi connectivity index (χ1) is 9.53. The quantitative estimate of drug-likeness (QED) is 0.673. The standard InChI is InChI=1S/C13H11ClN2OS.C2H6/c1-4-8(5-2)7-9(6-3)13-16-10(12(15)17)11(14)18-13;1-2/h1,5-7H,2H2,3H3,(H2,15,17);1-2H3/b8-7-,9-6+;. The van der Waals surface area contributed by atoms with Crippen LogP contribution in [0.25, 0.3) is 5.57 Å². The van der Waals surface area contributed by atoms with E-state index in [1.54, 1.807) is 12.2 Å². The molecule has 0 saturated carbocycles. The van der Waals surface area contributed by atoms with E-state index in [1.807, 2.05) is 26.8 Å². The zero-order chi connectivity index (χ0) is 15.7. The number of hydrogen-bond acceptors (Lipinski definition) is 3. The molecule has 0 atom stereocenters. The summed E-state index contributed by atoms with van der Waals surface area (Å²) >= 11 is 7.07. The maximum atomic E-state index is 11.1. The van der Waals surface area contributed by atoms with Gasteiger partial charge in [-0.1, -0.05) is 50.1 Å². The summed E-state index contributed by atoms with van der Waals surface area (Å²) in [5, 5.41) is 0.589. The third kappa shape index (κ3) is 4.69. The minimum absolute atomic E-state index is 0.0743. The molecule has 0 aliphatic heterocycles. The normalized spacial score (nSPS) is 11.2. The van der Waals surface area contributed by atoms with Crippen molar-refractivity contribution >= 4 is 34.4 Å². The molecule has 1 aromatic heterocycles. The summed E-state index contributed by atoms with van der Waals surface area (Å²) in [6.07, 6.45) is 10.4. The number of hydrogen-bond donors (Lipinski definition) is 1. The van der Waals surface area contributed by atoms with Crippen molar-refractivity contribution in [2.75, 3.05) is 0 Å². The van der Waals surface area contributed by atoms with Gasteiger partial charge in [-0.15, -0.1) is 17.8 Å². The molecule has 0 aliphatic rings. The number of aromatic nitrogens is 1. The van der Waals surface area contributed by atoms with Gasteiger partial charge in [-0.3, -0.25) is 4.79 Å². The van der Waals surface area contributed by atoms with Crippen molar-refractivity contribution in [3.8, 4) is 12.3 Å². The molecule has 0 radical (unpaired) electrons. The molecule has 5 heteroatoms. The molecular weight excluding hydrogens is 292 g/mol. The summed E-state index contributed by atoms with van der Waals surface area (Å²) in [5.74, 6) is 1.83. The van der Waals surface area contributed by atoms with Gasteiger partial charge in [-0.05, 0) is 13.0 Å². The first kappa shape index (κ1) is 18.2. The lowest BCUT2D eigenvalue weighted by Gasteiger charge is -1.96. The zero-order valence-corrected chi connectivity index (χ0v) is 13.3. The molecule has 20 heavy (non-hydrogen) atoms. The molecule has 0 bridgehead atoms. The first-order valence-electron chi connectivity index (χ1n) is 5.97. The van der Waals surface area contributed by atoms with Crippen molar-refractivity contribution in [2.24, 2.45) is 5.73 Å². The number of terminal acetylenes is 1. The van der Waals surface area contributed by atoms with Crippen LogP contribution in [0.2, 0.25) is 4.34 Å². The second kappa shape index (κ2) is 9.13. The van der Waals surface area contributed by atoms with Crippen molar-refractivity contribution in [1.29, 1.82) is 0 Å². The number of allylic oxidation sites excluding steroid dienone is 5. The Kier molecular flexibility index (Phi) is 8.30. The largest absolute Gasteiger partial charge is 0.364 e. The number of carbonyl (C=O) groups excluding carboxylic acids is 1. The van der Waals surface area contributed by atoms with Crippen LogP contribution in [0.3, 0.4) is 0 Å². The number of primary amides is 1. The summed E-state index contributed by atoms with van der Waals surface area (Å²) < 4.78 is 0.270. The predicted octanol–water partition coefficient (Wildman–Crippen LogP) is 4.07. The average Bonchev–Trinajstić information content (AvgIpc) is 2.84. The highest BCUT2D eigenvalue weighted by molar-refractivity contribution is 7.17. The zero-order valence-electron chi connectivity index (χ0n) is 11.7. The van der Waals surface area contributed by atoms with Crippen LogP contribution in [-0.2, 0) is 0 Å². The molecule has 0 unspecified atom stereocenters. The van der Waals surface area contributed by atoms with Gasteiger partial charge in [0.2, 0.25) is 0 Å². The van der Waals surface area contributed by atoms with E-state index in [2.05, 4.69) is 17.5 Å². The van der Waals surface area contributed by atoms with Crippen LogP contribution in [-0.4, -0.2) is 10.9 Å². The van der Waals surface area contributed by atoms with E-state index < -0.39 is 5.91 Å². The lowest BCUT2D eigenvalue weighted by Crippen LogP contribution is -2.11. The lowest BCUT2D eigenvalue weighted by atomic mass is 10.1. The third-order valence-corrected chi connectivity index (χ3v) is 3.38. The van der Waals surface area contributed by atoms with Crippen LogP contribution < -0.4 is 5.73 Å². The molecule has 0 spiro atoms. The van der Waals surface area contributed by atoms with Gasteiger partial charge in [-0.2, -0.15) is 0 Å². The fraction of sp³-hybridized carbons (Fsp3) is 0.200. The SMILES string of the molecule is C#C/C(C=C)=C/C(=C\C)c1nc(C(N)=O)c(Cl)s1.CC. The molecule has 1 heterocycles. The van der Waals surface area contributed by atoms with Gasteiger partial charge in [0.25, 0.3) is 5.91 Å². The Bertz CT molecular complexity index is 592. The number of carbonyl (C=O) groups is 1. The van der Waals surface area contributed by atoms with Crippen molar-refractivity contribution in [3.05, 3.63) is 45.4 Å². The monoisotopic (exact) mass is 308 g/mol. The molecular formula is C15H17ClN2OS. The second-order valence-corrected chi connectivity index (χ2v) is 4.80. The number of amides is 1. The lowest BCUT2D eigenvalue weighted by molar-refractivity contribution is 0.0996. The summed E-state index contributed by atoms with van der Waals surface area (Å²) in [4.78, 5) is 15.2. The van der Waals surface area contributed by atoms with Crippen LogP contribution in [0.5, 0.6) is 0 Å². The Morgan fingerprint density at radius 1 is 1.55 bits per heavy atom. The topological polar surface area (TPSA) is 56.0 Å². The Balaban J connectivity index is 0.00000172. The summed E-state index contributed by atoms with van der Waals surface area (Å²) in [6, 6.07) is 0. The molecule has 1 aromatic rings. The van der Waals surface area contributed by atoms with E-state index in [4.69, 9.17) is 23.8 Å². The number of nitrogens with zero attached hydrogens (tertiary/aromatic N) is 1. The summed E-state index contributed by atoms with van der Waals surface area (Å²) in [7, 11) is 0. The van der Waals surface area contributed by atoms with Gasteiger partial charge in [0.15, 0.2) is 5.69 Å². The molecule has 0 aromatic carbocycles. The number of halogens is 1. The van der Waals surface area contributed by atoms with Crippen molar-refractivity contribution in [2.45, 2.75) is 20.8 Å². The van der Waals surface area contributed by atoms with Crippen LogP contribution >= 0.6 is 22.9 Å². The Labute approximate surface area is 128 Å². The maximum absolute atomic E-state index is 11.1. The summed E-state index contributed by atoms with van der Waals surface area (Å²) in [5.41, 5.74) is 6.62. The highest BCUT2D eigenvalue weighted by Gasteiger charge is 2.15. The Hall–Kier alpha value is -1.83. The fourth-order valence-corrected chi connectivity index (χ4v) is 2.37. The smallest absolute Gasteiger partial charge is 0.269 e. The highest BCUT2D eigenvalue weighted by Crippen LogP contribution is 2.29.